The average molecular weight is 440 g/mol. The van der Waals surface area contributed by atoms with Crippen LogP contribution in [-0.4, -0.2) is 61.9 Å². The zero-order valence-corrected chi connectivity index (χ0v) is 16.4. The van der Waals surface area contributed by atoms with Gasteiger partial charge in [0.25, 0.3) is 0 Å². The predicted molar refractivity (Wildman–Crippen MR) is 100 cm³/mol. The fourth-order valence-electron chi connectivity index (χ4n) is 2.90. The fourth-order valence-corrected chi connectivity index (χ4v) is 2.90. The lowest BCUT2D eigenvalue weighted by atomic mass is 9.80. The number of ether oxygens (including phenoxy) is 2. The lowest BCUT2D eigenvalue weighted by Gasteiger charge is -2.39. The van der Waals surface area contributed by atoms with E-state index in [4.69, 9.17) is 15.2 Å². The Morgan fingerprint density at radius 3 is 2.52 bits per heavy atom. The van der Waals surface area contributed by atoms with Crippen molar-refractivity contribution < 1.29 is 14.3 Å². The molecule has 1 saturated carbocycles. The Kier molecular flexibility index (Phi) is 8.38. The number of methoxy groups -OCH3 is 1. The van der Waals surface area contributed by atoms with Gasteiger partial charge in [-0.15, -0.1) is 24.0 Å². The monoisotopic (exact) mass is 440 g/mol. The number of amides is 1. The molecule has 7 nitrogen and oxygen atoms in total. The summed E-state index contributed by atoms with van der Waals surface area (Å²) in [6.07, 6.45) is 4.78. The molecule has 1 heterocycles. The molecule has 1 aliphatic heterocycles. The van der Waals surface area contributed by atoms with Gasteiger partial charge < -0.3 is 25.4 Å². The molecule has 1 amide bonds. The number of hydrogen-bond acceptors (Lipinski definition) is 4. The van der Waals surface area contributed by atoms with E-state index in [1.807, 2.05) is 6.92 Å². The highest BCUT2D eigenvalue weighted by Crippen LogP contribution is 2.35. The normalized spacial score (nSPS) is 21.1. The predicted octanol–water partition coefficient (Wildman–Crippen LogP) is 1.70. The van der Waals surface area contributed by atoms with Crippen molar-refractivity contribution in [3.63, 3.8) is 0 Å². The lowest BCUT2D eigenvalue weighted by Crippen LogP contribution is -2.49. The van der Waals surface area contributed by atoms with Gasteiger partial charge in [0, 0.05) is 26.2 Å². The number of nitrogens with two attached hydrogens (primary N) is 1. The van der Waals surface area contributed by atoms with Crippen LogP contribution in [0.5, 0.6) is 0 Å². The molecule has 134 valence electrons. The molecule has 0 aromatic heterocycles. The van der Waals surface area contributed by atoms with E-state index in [1.54, 1.807) is 12.0 Å². The number of aliphatic imine (C=N–C) groups is 1. The molecular weight excluding hydrogens is 411 g/mol. The van der Waals surface area contributed by atoms with E-state index >= 15 is 0 Å². The minimum atomic E-state index is -0.227. The number of guanidine groups is 1. The minimum absolute atomic E-state index is 0. The number of hydrogen-bond donors (Lipinski definition) is 2. The number of carbonyl (C=O) groups excluding carboxylic acids is 1. The minimum Gasteiger partial charge on any atom is -0.450 e. The Labute approximate surface area is 155 Å². The number of carbonyl (C=O) groups is 1. The molecule has 0 aromatic carbocycles. The molecule has 3 N–H and O–H groups in total. The first-order valence-corrected chi connectivity index (χ1v) is 8.12. The van der Waals surface area contributed by atoms with Gasteiger partial charge in [0.05, 0.1) is 18.8 Å². The van der Waals surface area contributed by atoms with Crippen molar-refractivity contribution in [1.29, 1.82) is 0 Å². The summed E-state index contributed by atoms with van der Waals surface area (Å²) in [5.74, 6) is 0.470. The standard InChI is InChI=1S/C15H28N4O3.HI/c1-3-22-14(20)19-9-5-12(6-10-19)18-13(16)17-11-15(21-2)7-4-8-15;/h12H,3-11H2,1-2H3,(H3,16,17,18);1H. The highest BCUT2D eigenvalue weighted by Gasteiger charge is 2.36. The van der Waals surface area contributed by atoms with Crippen LogP contribution in [0, 0.1) is 0 Å². The van der Waals surface area contributed by atoms with Crippen molar-refractivity contribution in [2.75, 3.05) is 33.4 Å². The number of nitrogens with one attached hydrogen (secondary N) is 1. The molecule has 0 unspecified atom stereocenters. The van der Waals surface area contributed by atoms with Gasteiger partial charge in [-0.1, -0.05) is 0 Å². The van der Waals surface area contributed by atoms with E-state index in [1.165, 1.54) is 6.42 Å². The molecule has 2 aliphatic rings. The Hall–Kier alpha value is -0.770. The van der Waals surface area contributed by atoms with Crippen LogP contribution in [-0.2, 0) is 9.47 Å². The van der Waals surface area contributed by atoms with Gasteiger partial charge in [-0.05, 0) is 39.0 Å². The van der Waals surface area contributed by atoms with Crippen LogP contribution < -0.4 is 11.1 Å². The Morgan fingerprint density at radius 2 is 2.04 bits per heavy atom. The summed E-state index contributed by atoms with van der Waals surface area (Å²) >= 11 is 0. The summed E-state index contributed by atoms with van der Waals surface area (Å²) in [5, 5.41) is 3.25. The van der Waals surface area contributed by atoms with E-state index in [2.05, 4.69) is 10.3 Å². The van der Waals surface area contributed by atoms with Gasteiger partial charge >= 0.3 is 6.09 Å². The fraction of sp³-hybridized carbons (Fsp3) is 0.867. The maximum atomic E-state index is 11.6. The van der Waals surface area contributed by atoms with Gasteiger partial charge in [0.15, 0.2) is 5.96 Å². The van der Waals surface area contributed by atoms with E-state index < -0.39 is 0 Å². The average Bonchev–Trinajstić information content (AvgIpc) is 2.47. The summed E-state index contributed by atoms with van der Waals surface area (Å²) in [7, 11) is 1.74. The Morgan fingerprint density at radius 1 is 1.39 bits per heavy atom. The van der Waals surface area contributed by atoms with Gasteiger partial charge in [-0.25, -0.2) is 4.79 Å². The molecule has 0 atom stereocenters. The van der Waals surface area contributed by atoms with Crippen molar-refractivity contribution >= 4 is 36.0 Å². The second-order valence-electron chi connectivity index (χ2n) is 6.05. The molecule has 2 rings (SSSR count). The van der Waals surface area contributed by atoms with Crippen LogP contribution in [0.2, 0.25) is 0 Å². The Bertz CT molecular complexity index is 402. The highest BCUT2D eigenvalue weighted by atomic mass is 127. The maximum absolute atomic E-state index is 11.6. The van der Waals surface area contributed by atoms with E-state index in [0.717, 1.165) is 25.7 Å². The third-order valence-electron chi connectivity index (χ3n) is 4.61. The number of nitrogens with zero attached hydrogens (tertiary/aromatic N) is 2. The van der Waals surface area contributed by atoms with Gasteiger partial charge in [0.1, 0.15) is 0 Å². The molecule has 0 radical (unpaired) electrons. The molecule has 0 aromatic rings. The van der Waals surface area contributed by atoms with Crippen LogP contribution >= 0.6 is 24.0 Å². The third-order valence-corrected chi connectivity index (χ3v) is 4.61. The van der Waals surface area contributed by atoms with Gasteiger partial charge in [-0.3, -0.25) is 4.99 Å². The first-order chi connectivity index (χ1) is 10.6. The summed E-state index contributed by atoms with van der Waals surface area (Å²) in [5.41, 5.74) is 5.87. The first-order valence-electron chi connectivity index (χ1n) is 8.12. The molecular formula is C15H29IN4O3. The van der Waals surface area contributed by atoms with Crippen LogP contribution in [0.15, 0.2) is 4.99 Å². The lowest BCUT2D eigenvalue weighted by molar-refractivity contribution is -0.0630. The first kappa shape index (κ1) is 20.3. The van der Waals surface area contributed by atoms with Crippen molar-refractivity contribution in [2.24, 2.45) is 10.7 Å². The van der Waals surface area contributed by atoms with E-state index in [0.29, 0.717) is 32.2 Å². The molecule has 1 saturated heterocycles. The molecule has 23 heavy (non-hydrogen) atoms. The second-order valence-corrected chi connectivity index (χ2v) is 6.05. The van der Waals surface area contributed by atoms with Gasteiger partial charge in [0.2, 0.25) is 0 Å². The SMILES string of the molecule is CCOC(=O)N1CCC(NC(N)=NCC2(OC)CCC2)CC1.I. The molecule has 1 aliphatic carbocycles. The molecule has 0 spiro atoms. The topological polar surface area (TPSA) is 89.2 Å². The van der Waals surface area contributed by atoms with Crippen molar-refractivity contribution in [1.82, 2.24) is 10.2 Å². The third kappa shape index (κ3) is 5.66. The molecule has 0 bridgehead atoms. The van der Waals surface area contributed by atoms with Crippen LogP contribution in [0.3, 0.4) is 0 Å². The number of rotatable bonds is 5. The van der Waals surface area contributed by atoms with E-state index in [9.17, 15) is 4.79 Å². The molecule has 8 heteroatoms. The molecule has 2 fully saturated rings. The van der Waals surface area contributed by atoms with Crippen LogP contribution in [0.25, 0.3) is 0 Å². The second kappa shape index (κ2) is 9.51. The maximum Gasteiger partial charge on any atom is 0.409 e. The largest absolute Gasteiger partial charge is 0.450 e. The van der Waals surface area contributed by atoms with Crippen molar-refractivity contribution in [3.05, 3.63) is 0 Å². The summed E-state index contributed by atoms with van der Waals surface area (Å²) < 4.78 is 10.5. The smallest absolute Gasteiger partial charge is 0.409 e. The zero-order chi connectivity index (χ0) is 16.0. The van der Waals surface area contributed by atoms with Crippen molar-refractivity contribution in [3.8, 4) is 0 Å². The number of halogens is 1. The number of piperidine rings is 1. The van der Waals surface area contributed by atoms with Crippen LogP contribution in [0.4, 0.5) is 4.79 Å². The summed E-state index contributed by atoms with van der Waals surface area (Å²) in [4.78, 5) is 17.8. The quantitative estimate of drug-likeness (QED) is 0.386. The highest BCUT2D eigenvalue weighted by molar-refractivity contribution is 14.0. The van der Waals surface area contributed by atoms with Crippen molar-refractivity contribution in [2.45, 2.75) is 50.7 Å². The Balaban J connectivity index is 0.00000264. The van der Waals surface area contributed by atoms with Crippen LogP contribution in [0.1, 0.15) is 39.0 Å². The van der Waals surface area contributed by atoms with Gasteiger partial charge in [-0.2, -0.15) is 0 Å². The number of likely N-dealkylation sites (tertiary alicyclic amines) is 1. The summed E-state index contributed by atoms with van der Waals surface area (Å²) in [6.45, 7) is 4.22. The zero-order valence-electron chi connectivity index (χ0n) is 14.0. The summed E-state index contributed by atoms with van der Waals surface area (Å²) in [6, 6.07) is 0.259. The van der Waals surface area contributed by atoms with E-state index in [-0.39, 0.29) is 41.7 Å².